The Morgan fingerprint density at radius 3 is 1.86 bits per heavy atom. The second-order valence-electron chi connectivity index (χ2n) is 15.1. The van der Waals surface area contributed by atoms with E-state index >= 15 is 0 Å². The molecule has 0 fully saturated rings. The van der Waals surface area contributed by atoms with Crippen LogP contribution in [0.5, 0.6) is 0 Å². The maximum Gasteiger partial charge on any atom is 0.333 e. The van der Waals surface area contributed by atoms with Crippen LogP contribution in [0.25, 0.3) is 0 Å². The van der Waals surface area contributed by atoms with Gasteiger partial charge in [0.05, 0.1) is 40.6 Å². The minimum absolute atomic E-state index is 0. The zero-order valence-electron chi connectivity index (χ0n) is 31.0. The molecule has 0 aliphatic carbocycles. The predicted molar refractivity (Wildman–Crippen MR) is 231 cm³/mol. The van der Waals surface area contributed by atoms with Crippen LogP contribution in [0.3, 0.4) is 0 Å². The van der Waals surface area contributed by atoms with Crippen LogP contribution < -0.4 is 5.32 Å². The van der Waals surface area contributed by atoms with Gasteiger partial charge in [0.1, 0.15) is 12.7 Å². The molecule has 2 atom stereocenters. The number of carbonyl (C=O) groups is 1. The number of nitrogens with one attached hydrogen (secondary N) is 1. The van der Waals surface area contributed by atoms with Gasteiger partial charge in [-0.3, -0.25) is 0 Å². The van der Waals surface area contributed by atoms with E-state index in [9.17, 15) is 15.0 Å². The van der Waals surface area contributed by atoms with E-state index in [4.69, 9.17) is 23.1 Å². The summed E-state index contributed by atoms with van der Waals surface area (Å²) in [7, 11) is -5.71. The molecule has 51 heavy (non-hydrogen) atoms. The summed E-state index contributed by atoms with van der Waals surface area (Å²) in [6, 6.07) is 1.13. The number of aliphatic hydroxyl groups excluding tert-OH is 2. The van der Waals surface area contributed by atoms with Gasteiger partial charge < -0.3 is 38.6 Å². The number of aliphatic hydroxyl groups is 2. The van der Waals surface area contributed by atoms with Crippen LogP contribution in [0.1, 0.15) is 89.0 Å². The Labute approximate surface area is 335 Å². The molecular weight excluding hydrogens is 750 g/mol. The van der Waals surface area contributed by atoms with E-state index in [1.54, 1.807) is 6.92 Å². The zero-order chi connectivity index (χ0) is 34.4. The van der Waals surface area contributed by atoms with Crippen molar-refractivity contribution in [1.82, 2.24) is 5.32 Å². The first-order chi connectivity index (χ1) is 20.9. The molecular formula is C37H91NO8Si4V. The van der Waals surface area contributed by atoms with Gasteiger partial charge in [-0.1, -0.05) is 95.6 Å². The van der Waals surface area contributed by atoms with Crippen molar-refractivity contribution in [2.45, 2.75) is 165 Å². The number of hydrogen-bond acceptors (Lipinski definition) is 9. The molecule has 0 aromatic heterocycles. The predicted octanol–water partition coefficient (Wildman–Crippen LogP) is 8.62. The van der Waals surface area contributed by atoms with Crippen LogP contribution in [0.4, 0.5) is 0 Å². The van der Waals surface area contributed by atoms with E-state index in [0.29, 0.717) is 18.8 Å². The summed E-state index contributed by atoms with van der Waals surface area (Å²) in [5.41, 5.74) is 1.52. The summed E-state index contributed by atoms with van der Waals surface area (Å²) in [6.45, 7) is 26.9. The fourth-order valence-electron chi connectivity index (χ4n) is 5.53. The molecule has 14 heteroatoms. The van der Waals surface area contributed by atoms with Crippen molar-refractivity contribution in [3.8, 4) is 0 Å². The Balaban J connectivity index is -0.000000645. The normalized spacial score (nSPS) is 12.5. The van der Waals surface area contributed by atoms with Gasteiger partial charge in [-0.05, 0) is 76.8 Å². The Bertz CT molecular complexity index is 796. The molecule has 0 heterocycles. The second kappa shape index (κ2) is 37.3. The summed E-state index contributed by atoms with van der Waals surface area (Å²) in [4.78, 5) is 11.3. The van der Waals surface area contributed by atoms with Crippen LogP contribution in [0.15, 0.2) is 12.2 Å². The maximum absolute atomic E-state index is 11.3. The average molecular weight is 841 g/mol. The third-order valence-electron chi connectivity index (χ3n) is 7.20. The summed E-state index contributed by atoms with van der Waals surface area (Å²) in [5, 5.41) is 23.9. The van der Waals surface area contributed by atoms with Crippen LogP contribution in [0.2, 0.25) is 64.1 Å². The van der Waals surface area contributed by atoms with Crippen molar-refractivity contribution in [2.75, 3.05) is 58.6 Å². The van der Waals surface area contributed by atoms with E-state index < -0.39 is 45.6 Å². The summed E-state index contributed by atoms with van der Waals surface area (Å²) in [5.74, 6) is -0.437. The second-order valence-corrected chi connectivity index (χ2v) is 32.7. The van der Waals surface area contributed by atoms with Crippen LogP contribution >= 0.6 is 0 Å². The first-order valence-corrected chi connectivity index (χ1v) is 30.0. The van der Waals surface area contributed by atoms with Crippen molar-refractivity contribution in [3.05, 3.63) is 12.2 Å². The summed E-state index contributed by atoms with van der Waals surface area (Å²) in [6.07, 6.45) is 8.32. The molecule has 1 radical (unpaired) electrons. The molecule has 0 aromatic rings. The van der Waals surface area contributed by atoms with Gasteiger partial charge in [0, 0.05) is 45.8 Å². The molecule has 3 N–H and O–H groups in total. The van der Waals surface area contributed by atoms with E-state index in [0.717, 1.165) is 63.0 Å². The van der Waals surface area contributed by atoms with E-state index in [1.165, 1.54) is 12.6 Å². The molecule has 0 amide bonds. The minimum Gasteiger partial charge on any atom is -0.460 e. The number of rotatable bonds is 30. The Kier molecular flexibility index (Phi) is 48.4. The molecule has 0 saturated heterocycles. The Morgan fingerprint density at radius 1 is 0.745 bits per heavy atom. The molecule has 0 spiro atoms. The first-order valence-electron chi connectivity index (χ1n) is 17.3. The minimum atomic E-state index is -1.83. The zero-order valence-corrected chi connectivity index (χ0v) is 36.5. The third-order valence-corrected chi connectivity index (χ3v) is 22.5. The third kappa shape index (κ3) is 43.0. The molecule has 0 rings (SSSR count). The monoisotopic (exact) mass is 841 g/mol. The molecule has 2 unspecified atom stereocenters. The smallest absolute Gasteiger partial charge is 0.333 e. The van der Waals surface area contributed by atoms with Gasteiger partial charge in [-0.15, -0.1) is 0 Å². The SMILES string of the molecule is C.C.C.C.C.C=C(C)C(=O)OCCOCC(O)COCCCCC[Si](C)(C)O[Si](C)(C)C[Si](C)(C)COCC(O)CCCCCNC[SiH](C)C.[V]. The molecule has 9 nitrogen and oxygen atoms in total. The van der Waals surface area contributed by atoms with Crippen molar-refractivity contribution in [2.24, 2.45) is 0 Å². The van der Waals surface area contributed by atoms with Gasteiger partial charge in [-0.2, -0.15) is 0 Å². The van der Waals surface area contributed by atoms with E-state index in [1.807, 2.05) is 0 Å². The number of esters is 1. The molecule has 313 valence electrons. The first kappa shape index (κ1) is 66.2. The van der Waals surface area contributed by atoms with Crippen molar-refractivity contribution >= 4 is 39.5 Å². The van der Waals surface area contributed by atoms with Crippen molar-refractivity contribution in [1.29, 1.82) is 0 Å². The van der Waals surface area contributed by atoms with E-state index in [-0.39, 0.29) is 88.2 Å². The topological polar surface area (TPSA) is 116 Å². The van der Waals surface area contributed by atoms with Gasteiger partial charge >= 0.3 is 5.97 Å². The molecule has 0 bridgehead atoms. The van der Waals surface area contributed by atoms with Crippen molar-refractivity contribution < 1.29 is 56.6 Å². The largest absolute Gasteiger partial charge is 0.460 e. The summed E-state index contributed by atoms with van der Waals surface area (Å²) >= 11 is 0. The molecule has 0 aromatic carbocycles. The fraction of sp³-hybridized carbons (Fsp3) is 0.919. The fourth-order valence-corrected chi connectivity index (χ4v) is 25.0. The van der Waals surface area contributed by atoms with Gasteiger partial charge in [0.25, 0.3) is 0 Å². The maximum atomic E-state index is 11.3. The standard InChI is InChI=1S/C32H71NO8Si4.5CH4.V/c1-29(2)32(36)40-21-20-38-25-31(35)24-37-19-15-12-16-22-44(7,8)41-45(9,10)28-43(5,6)27-39-23-30(34)17-13-11-14-18-33-26-42(3)4;;;;;;/h30-31,33-35,42H,1,11-28H2,2-10H3;5*1H4;. The van der Waals surface area contributed by atoms with Crippen LogP contribution in [-0.2, 0) is 46.4 Å². The number of ether oxygens (including phenoxy) is 4. The van der Waals surface area contributed by atoms with Gasteiger partial charge in [0.15, 0.2) is 16.6 Å². The van der Waals surface area contributed by atoms with Crippen LogP contribution in [-0.4, -0.2) is 120 Å². The number of unbranched alkanes of at least 4 members (excludes halogenated alkanes) is 4. The summed E-state index contributed by atoms with van der Waals surface area (Å²) < 4.78 is 28.9. The van der Waals surface area contributed by atoms with E-state index in [2.05, 4.69) is 64.3 Å². The quantitative estimate of drug-likeness (QED) is 0.0283. The van der Waals surface area contributed by atoms with Gasteiger partial charge in [-0.25, -0.2) is 4.79 Å². The average Bonchev–Trinajstić information content (AvgIpc) is 2.89. The Morgan fingerprint density at radius 2 is 1.29 bits per heavy atom. The molecule has 0 saturated carbocycles. The Hall–Kier alpha value is 0.382. The number of hydrogen-bond donors (Lipinski definition) is 3. The van der Waals surface area contributed by atoms with Crippen LogP contribution in [0, 0.1) is 0 Å². The van der Waals surface area contributed by atoms with Crippen molar-refractivity contribution in [3.63, 3.8) is 0 Å². The van der Waals surface area contributed by atoms with Gasteiger partial charge in [0.2, 0.25) is 0 Å². The molecule has 0 aliphatic heterocycles. The molecule has 0 aliphatic rings. The number of carbonyl (C=O) groups excluding carboxylic acids is 1.